The average Bonchev–Trinajstić information content (AvgIpc) is 2.87. The summed E-state index contributed by atoms with van der Waals surface area (Å²) in [5.74, 6) is 0. The molecule has 0 bridgehead atoms. The molecular weight excluding hydrogens is 222 g/mol. The van der Waals surface area contributed by atoms with Crippen molar-refractivity contribution in [1.29, 1.82) is 0 Å². The van der Waals surface area contributed by atoms with Gasteiger partial charge in [-0.1, -0.05) is 27.2 Å². The lowest BCUT2D eigenvalue weighted by Crippen LogP contribution is -2.46. The Hall–Kier alpha value is -0.120. The summed E-state index contributed by atoms with van der Waals surface area (Å²) in [6.45, 7) is 12.9. The van der Waals surface area contributed by atoms with Gasteiger partial charge in [0.05, 0.1) is 0 Å². The molecule has 1 rings (SSSR count). The van der Waals surface area contributed by atoms with Crippen LogP contribution in [-0.4, -0.2) is 61.7 Å². The molecule has 108 valence electrons. The maximum absolute atomic E-state index is 3.50. The molecule has 0 amide bonds. The Bertz CT molecular complexity index is 204. The fourth-order valence-corrected chi connectivity index (χ4v) is 3.31. The standard InChI is InChI=1S/C15H33N3/c1-5-17(6-2)12-9-13-18(7-3)15-11-8-10-14(15)16-4/h14-16H,5-13H2,1-4H3. The normalized spacial score (nSPS) is 24.3. The van der Waals surface area contributed by atoms with Crippen LogP contribution in [0.4, 0.5) is 0 Å². The van der Waals surface area contributed by atoms with Crippen LogP contribution in [0.15, 0.2) is 0 Å². The third-order valence-electron chi connectivity index (χ3n) is 4.54. The number of nitrogens with zero attached hydrogens (tertiary/aromatic N) is 2. The van der Waals surface area contributed by atoms with Crippen LogP contribution in [0.5, 0.6) is 0 Å². The number of hydrogen-bond donors (Lipinski definition) is 1. The van der Waals surface area contributed by atoms with Gasteiger partial charge in [-0.05, 0) is 59.0 Å². The molecule has 0 aliphatic heterocycles. The molecule has 18 heavy (non-hydrogen) atoms. The average molecular weight is 255 g/mol. The zero-order valence-corrected chi connectivity index (χ0v) is 12.9. The zero-order valence-electron chi connectivity index (χ0n) is 12.9. The third-order valence-corrected chi connectivity index (χ3v) is 4.54. The van der Waals surface area contributed by atoms with Gasteiger partial charge in [-0.15, -0.1) is 0 Å². The molecule has 0 aromatic heterocycles. The molecule has 0 saturated heterocycles. The van der Waals surface area contributed by atoms with Gasteiger partial charge in [0, 0.05) is 12.1 Å². The largest absolute Gasteiger partial charge is 0.315 e. The summed E-state index contributed by atoms with van der Waals surface area (Å²) in [6, 6.07) is 1.50. The summed E-state index contributed by atoms with van der Waals surface area (Å²) in [5, 5.41) is 3.50. The van der Waals surface area contributed by atoms with Crippen LogP contribution in [-0.2, 0) is 0 Å². The highest BCUT2D eigenvalue weighted by Gasteiger charge is 2.29. The van der Waals surface area contributed by atoms with E-state index in [-0.39, 0.29) is 0 Å². The highest BCUT2D eigenvalue weighted by atomic mass is 15.2. The van der Waals surface area contributed by atoms with Crippen molar-refractivity contribution >= 4 is 0 Å². The first-order chi connectivity index (χ1) is 8.76. The first-order valence-electron chi connectivity index (χ1n) is 7.90. The van der Waals surface area contributed by atoms with Crippen LogP contribution in [0.3, 0.4) is 0 Å². The molecule has 0 aromatic carbocycles. The molecule has 2 unspecified atom stereocenters. The summed E-state index contributed by atoms with van der Waals surface area (Å²) in [4.78, 5) is 5.22. The molecule has 1 aliphatic carbocycles. The summed E-state index contributed by atoms with van der Waals surface area (Å²) in [6.07, 6.45) is 5.43. The quantitative estimate of drug-likeness (QED) is 0.681. The zero-order chi connectivity index (χ0) is 13.4. The number of rotatable bonds is 9. The second-order valence-corrected chi connectivity index (χ2v) is 5.40. The van der Waals surface area contributed by atoms with Crippen molar-refractivity contribution in [3.8, 4) is 0 Å². The lowest BCUT2D eigenvalue weighted by Gasteiger charge is -2.32. The predicted octanol–water partition coefficient (Wildman–Crippen LogP) is 2.18. The lowest BCUT2D eigenvalue weighted by molar-refractivity contribution is 0.171. The molecule has 2 atom stereocenters. The van der Waals surface area contributed by atoms with Crippen molar-refractivity contribution in [2.75, 3.05) is 39.8 Å². The van der Waals surface area contributed by atoms with Gasteiger partial charge in [-0.25, -0.2) is 0 Å². The Labute approximate surface area is 114 Å². The van der Waals surface area contributed by atoms with Gasteiger partial charge in [0.25, 0.3) is 0 Å². The number of nitrogens with one attached hydrogen (secondary N) is 1. The van der Waals surface area contributed by atoms with Crippen LogP contribution in [0.25, 0.3) is 0 Å². The Morgan fingerprint density at radius 2 is 1.72 bits per heavy atom. The molecule has 0 radical (unpaired) electrons. The SMILES string of the molecule is CCN(CC)CCCN(CC)C1CCCC1NC. The second-order valence-electron chi connectivity index (χ2n) is 5.40. The van der Waals surface area contributed by atoms with Crippen molar-refractivity contribution in [1.82, 2.24) is 15.1 Å². The van der Waals surface area contributed by atoms with Crippen molar-refractivity contribution < 1.29 is 0 Å². The first-order valence-corrected chi connectivity index (χ1v) is 7.90. The van der Waals surface area contributed by atoms with E-state index in [1.54, 1.807) is 0 Å². The Kier molecular flexibility index (Phi) is 7.87. The Morgan fingerprint density at radius 1 is 1.00 bits per heavy atom. The van der Waals surface area contributed by atoms with E-state index in [0.29, 0.717) is 0 Å². The van der Waals surface area contributed by atoms with E-state index in [2.05, 4.69) is 42.9 Å². The fourth-order valence-electron chi connectivity index (χ4n) is 3.31. The topological polar surface area (TPSA) is 18.5 Å². The molecule has 0 aromatic rings. The molecule has 1 N–H and O–H groups in total. The first kappa shape index (κ1) is 15.9. The van der Waals surface area contributed by atoms with E-state index in [0.717, 1.165) is 12.1 Å². The monoisotopic (exact) mass is 255 g/mol. The Morgan fingerprint density at radius 3 is 2.28 bits per heavy atom. The maximum atomic E-state index is 3.50. The van der Waals surface area contributed by atoms with E-state index >= 15 is 0 Å². The maximum Gasteiger partial charge on any atom is 0.0249 e. The van der Waals surface area contributed by atoms with Crippen molar-refractivity contribution in [3.63, 3.8) is 0 Å². The fraction of sp³-hybridized carbons (Fsp3) is 1.00. The van der Waals surface area contributed by atoms with Crippen LogP contribution < -0.4 is 5.32 Å². The van der Waals surface area contributed by atoms with Crippen LogP contribution in [0.2, 0.25) is 0 Å². The smallest absolute Gasteiger partial charge is 0.0249 e. The molecule has 3 nitrogen and oxygen atoms in total. The molecular formula is C15H33N3. The molecule has 1 saturated carbocycles. The van der Waals surface area contributed by atoms with Crippen molar-refractivity contribution in [2.45, 2.75) is 58.5 Å². The van der Waals surface area contributed by atoms with Crippen LogP contribution in [0, 0.1) is 0 Å². The van der Waals surface area contributed by atoms with Crippen molar-refractivity contribution in [3.05, 3.63) is 0 Å². The molecule has 0 spiro atoms. The summed E-state index contributed by atoms with van der Waals surface area (Å²) < 4.78 is 0. The van der Waals surface area contributed by atoms with Crippen LogP contribution >= 0.6 is 0 Å². The van der Waals surface area contributed by atoms with E-state index in [1.807, 2.05) is 0 Å². The van der Waals surface area contributed by atoms with Gasteiger partial charge >= 0.3 is 0 Å². The number of hydrogen-bond acceptors (Lipinski definition) is 3. The van der Waals surface area contributed by atoms with E-state index in [1.165, 1.54) is 58.4 Å². The Balaban J connectivity index is 2.32. The minimum atomic E-state index is 0.721. The summed E-state index contributed by atoms with van der Waals surface area (Å²) in [7, 11) is 2.12. The van der Waals surface area contributed by atoms with E-state index < -0.39 is 0 Å². The van der Waals surface area contributed by atoms with E-state index in [9.17, 15) is 0 Å². The van der Waals surface area contributed by atoms with E-state index in [4.69, 9.17) is 0 Å². The van der Waals surface area contributed by atoms with Gasteiger partial charge in [-0.2, -0.15) is 0 Å². The van der Waals surface area contributed by atoms with Gasteiger partial charge in [0.1, 0.15) is 0 Å². The highest BCUT2D eigenvalue weighted by Crippen LogP contribution is 2.24. The minimum absolute atomic E-state index is 0.721. The van der Waals surface area contributed by atoms with Gasteiger partial charge in [0.2, 0.25) is 0 Å². The highest BCUT2D eigenvalue weighted by molar-refractivity contribution is 4.89. The minimum Gasteiger partial charge on any atom is -0.315 e. The number of likely N-dealkylation sites (N-methyl/N-ethyl adjacent to an activating group) is 2. The molecule has 1 fully saturated rings. The van der Waals surface area contributed by atoms with Gasteiger partial charge in [-0.3, -0.25) is 4.90 Å². The summed E-state index contributed by atoms with van der Waals surface area (Å²) in [5.41, 5.74) is 0. The predicted molar refractivity (Wildman–Crippen MR) is 80.1 cm³/mol. The van der Waals surface area contributed by atoms with Gasteiger partial charge in [0.15, 0.2) is 0 Å². The lowest BCUT2D eigenvalue weighted by atomic mass is 10.1. The third kappa shape index (κ3) is 4.52. The molecule has 0 heterocycles. The molecule has 3 heteroatoms. The van der Waals surface area contributed by atoms with Crippen LogP contribution in [0.1, 0.15) is 46.5 Å². The molecule has 1 aliphatic rings. The van der Waals surface area contributed by atoms with Gasteiger partial charge < -0.3 is 10.2 Å². The second kappa shape index (κ2) is 8.89. The van der Waals surface area contributed by atoms with Crippen molar-refractivity contribution in [2.24, 2.45) is 0 Å². The summed E-state index contributed by atoms with van der Waals surface area (Å²) >= 11 is 0.